The predicted octanol–water partition coefficient (Wildman–Crippen LogP) is 0.554. The molecule has 5 heteroatoms. The normalized spacial score (nSPS) is 22.1. The summed E-state index contributed by atoms with van der Waals surface area (Å²) in [5.74, 6) is -0.407. The molecule has 1 heterocycles. The van der Waals surface area contributed by atoms with Crippen molar-refractivity contribution in [2.75, 3.05) is 20.3 Å². The van der Waals surface area contributed by atoms with Crippen LogP contribution in [0.2, 0.25) is 0 Å². The smallest absolute Gasteiger partial charge is 0.349 e. The van der Waals surface area contributed by atoms with Gasteiger partial charge in [-0.15, -0.1) is 0 Å². The van der Waals surface area contributed by atoms with Gasteiger partial charge in [-0.1, -0.05) is 6.92 Å². The molecule has 0 spiro atoms. The van der Waals surface area contributed by atoms with Gasteiger partial charge in [0, 0.05) is 0 Å². The van der Waals surface area contributed by atoms with Crippen molar-refractivity contribution in [2.45, 2.75) is 38.5 Å². The number of ether oxygens (including phenoxy) is 2. The number of nitrogens with one attached hydrogen (secondary N) is 1. The Balaban J connectivity index is 0.000000583. The van der Waals surface area contributed by atoms with E-state index in [0.29, 0.717) is 0 Å². The summed E-state index contributed by atoms with van der Waals surface area (Å²) in [6.45, 7) is 7.49. The SMILES string of the molecule is CCC1(NC)COC(C)(C)OC1.O=C=O. The topological polar surface area (TPSA) is 64.6 Å². The number of hydrogen-bond acceptors (Lipinski definition) is 5. The van der Waals surface area contributed by atoms with Crippen LogP contribution >= 0.6 is 0 Å². The highest BCUT2D eigenvalue weighted by atomic mass is 16.7. The molecule has 88 valence electrons. The average Bonchev–Trinajstić information content (AvgIpc) is 2.20. The number of carbonyl (C=O) groups excluding carboxylic acids is 2. The summed E-state index contributed by atoms with van der Waals surface area (Å²) in [4.78, 5) is 16.2. The highest BCUT2D eigenvalue weighted by molar-refractivity contribution is 5.20. The van der Waals surface area contributed by atoms with Crippen LogP contribution in [0.5, 0.6) is 0 Å². The maximum atomic E-state index is 8.12. The van der Waals surface area contributed by atoms with Crippen LogP contribution in [0.3, 0.4) is 0 Å². The molecule has 1 saturated heterocycles. The quantitative estimate of drug-likeness (QED) is 0.732. The molecule has 0 unspecified atom stereocenters. The summed E-state index contributed by atoms with van der Waals surface area (Å²) < 4.78 is 11.2. The van der Waals surface area contributed by atoms with E-state index in [-0.39, 0.29) is 11.7 Å². The van der Waals surface area contributed by atoms with Crippen LogP contribution in [0.1, 0.15) is 27.2 Å². The maximum absolute atomic E-state index is 8.12. The lowest BCUT2D eigenvalue weighted by Gasteiger charge is -2.42. The molecule has 0 atom stereocenters. The van der Waals surface area contributed by atoms with Crippen molar-refractivity contribution < 1.29 is 19.1 Å². The van der Waals surface area contributed by atoms with Crippen molar-refractivity contribution in [3.8, 4) is 0 Å². The van der Waals surface area contributed by atoms with Gasteiger partial charge in [-0.2, -0.15) is 9.59 Å². The van der Waals surface area contributed by atoms with Gasteiger partial charge in [0.1, 0.15) is 0 Å². The fraction of sp³-hybridized carbons (Fsp3) is 0.900. The molecule has 0 aromatic carbocycles. The lowest BCUT2D eigenvalue weighted by Crippen LogP contribution is -2.57. The summed E-state index contributed by atoms with van der Waals surface area (Å²) in [6, 6.07) is 0. The Hall–Kier alpha value is -0.740. The van der Waals surface area contributed by atoms with Gasteiger partial charge in [0.2, 0.25) is 0 Å². The van der Waals surface area contributed by atoms with Gasteiger partial charge in [-0.3, -0.25) is 0 Å². The Kier molecular flexibility index (Phi) is 5.68. The van der Waals surface area contributed by atoms with E-state index in [1.807, 2.05) is 20.9 Å². The van der Waals surface area contributed by atoms with E-state index < -0.39 is 5.79 Å². The third kappa shape index (κ3) is 4.53. The van der Waals surface area contributed by atoms with Gasteiger partial charge in [0.05, 0.1) is 18.8 Å². The Bertz CT molecular complexity index is 205. The van der Waals surface area contributed by atoms with E-state index in [2.05, 4.69) is 12.2 Å². The molecule has 1 rings (SSSR count). The molecular weight excluding hydrogens is 198 g/mol. The molecular formula is C10H19NO4. The zero-order valence-electron chi connectivity index (χ0n) is 9.75. The van der Waals surface area contributed by atoms with Crippen molar-refractivity contribution >= 4 is 6.15 Å². The van der Waals surface area contributed by atoms with Crippen LogP contribution in [0.15, 0.2) is 0 Å². The highest BCUT2D eigenvalue weighted by Gasteiger charge is 2.37. The summed E-state index contributed by atoms with van der Waals surface area (Å²) >= 11 is 0. The minimum Gasteiger partial charge on any atom is -0.349 e. The Morgan fingerprint density at radius 1 is 1.27 bits per heavy atom. The number of likely N-dealkylation sites (N-methyl/N-ethyl adjacent to an activating group) is 1. The minimum absolute atomic E-state index is 0.0233. The van der Waals surface area contributed by atoms with Crippen molar-refractivity contribution in [1.82, 2.24) is 5.32 Å². The monoisotopic (exact) mass is 217 g/mol. The molecule has 0 aromatic rings. The molecule has 0 saturated carbocycles. The lowest BCUT2D eigenvalue weighted by molar-refractivity contribution is -0.271. The van der Waals surface area contributed by atoms with E-state index in [1.54, 1.807) is 0 Å². The fourth-order valence-electron chi connectivity index (χ4n) is 1.23. The van der Waals surface area contributed by atoms with Gasteiger partial charge in [-0.25, -0.2) is 0 Å². The van der Waals surface area contributed by atoms with Crippen LogP contribution in [0, 0.1) is 0 Å². The summed E-state index contributed by atoms with van der Waals surface area (Å²) in [5.41, 5.74) is 0.0233. The molecule has 1 aliphatic rings. The van der Waals surface area contributed by atoms with E-state index in [9.17, 15) is 0 Å². The molecule has 0 amide bonds. The first-order chi connectivity index (χ1) is 6.95. The molecule has 5 nitrogen and oxygen atoms in total. The van der Waals surface area contributed by atoms with Crippen molar-refractivity contribution in [3.63, 3.8) is 0 Å². The van der Waals surface area contributed by atoms with E-state index in [4.69, 9.17) is 19.1 Å². The minimum atomic E-state index is -0.407. The van der Waals surface area contributed by atoms with Crippen LogP contribution in [0.4, 0.5) is 0 Å². The summed E-state index contributed by atoms with van der Waals surface area (Å²) in [6.07, 6.45) is 1.28. The van der Waals surface area contributed by atoms with Gasteiger partial charge in [0.15, 0.2) is 5.79 Å². The second-order valence-electron chi connectivity index (χ2n) is 3.94. The molecule has 0 aliphatic carbocycles. The first-order valence-electron chi connectivity index (χ1n) is 4.91. The standard InChI is InChI=1S/C9H19NO2.CO2/c1-5-9(10-4)6-11-8(2,3)12-7-9;2-1-3/h10H,5-7H2,1-4H3;. The van der Waals surface area contributed by atoms with Gasteiger partial charge in [-0.05, 0) is 27.3 Å². The van der Waals surface area contributed by atoms with E-state index in [1.165, 1.54) is 0 Å². The van der Waals surface area contributed by atoms with Crippen LogP contribution in [-0.4, -0.2) is 37.7 Å². The van der Waals surface area contributed by atoms with Crippen molar-refractivity contribution in [1.29, 1.82) is 0 Å². The van der Waals surface area contributed by atoms with Crippen molar-refractivity contribution in [2.24, 2.45) is 0 Å². The summed E-state index contributed by atoms with van der Waals surface area (Å²) in [5, 5.41) is 3.25. The molecule has 0 radical (unpaired) electrons. The van der Waals surface area contributed by atoms with Gasteiger partial charge < -0.3 is 14.8 Å². The molecule has 0 aromatic heterocycles. The summed E-state index contributed by atoms with van der Waals surface area (Å²) in [7, 11) is 1.95. The zero-order chi connectivity index (χ0) is 11.9. The molecule has 1 N–H and O–H groups in total. The lowest BCUT2D eigenvalue weighted by atomic mass is 9.97. The fourth-order valence-corrected chi connectivity index (χ4v) is 1.23. The van der Waals surface area contributed by atoms with E-state index in [0.717, 1.165) is 19.6 Å². The molecule has 15 heavy (non-hydrogen) atoms. The Morgan fingerprint density at radius 2 is 1.67 bits per heavy atom. The van der Waals surface area contributed by atoms with Crippen LogP contribution in [0.25, 0.3) is 0 Å². The van der Waals surface area contributed by atoms with Crippen molar-refractivity contribution in [3.05, 3.63) is 0 Å². The third-order valence-corrected chi connectivity index (χ3v) is 2.60. The Labute approximate surface area is 90.1 Å². The Morgan fingerprint density at radius 3 is 1.93 bits per heavy atom. The van der Waals surface area contributed by atoms with Gasteiger partial charge in [0.25, 0.3) is 0 Å². The predicted molar refractivity (Wildman–Crippen MR) is 53.1 cm³/mol. The second-order valence-corrected chi connectivity index (χ2v) is 3.94. The largest absolute Gasteiger partial charge is 0.373 e. The second kappa shape index (κ2) is 5.98. The third-order valence-electron chi connectivity index (χ3n) is 2.60. The number of hydrogen-bond donors (Lipinski definition) is 1. The zero-order valence-corrected chi connectivity index (χ0v) is 9.75. The van der Waals surface area contributed by atoms with E-state index >= 15 is 0 Å². The van der Waals surface area contributed by atoms with Crippen LogP contribution < -0.4 is 5.32 Å². The molecule has 1 aliphatic heterocycles. The molecule has 1 fully saturated rings. The van der Waals surface area contributed by atoms with Crippen LogP contribution in [-0.2, 0) is 19.1 Å². The number of rotatable bonds is 2. The first-order valence-corrected chi connectivity index (χ1v) is 4.91. The van der Waals surface area contributed by atoms with Gasteiger partial charge >= 0.3 is 6.15 Å². The maximum Gasteiger partial charge on any atom is 0.373 e. The molecule has 0 bridgehead atoms. The highest BCUT2D eigenvalue weighted by Crippen LogP contribution is 2.24. The average molecular weight is 217 g/mol. The first kappa shape index (κ1) is 14.3.